The second-order valence-corrected chi connectivity index (χ2v) is 8.91. The highest BCUT2D eigenvalue weighted by Gasteiger charge is 2.34. The predicted octanol–water partition coefficient (Wildman–Crippen LogP) is 4.16. The molecule has 1 amide bonds. The number of allylic oxidation sites excluding steroid dienone is 1. The molecular formula is C24H23N3O3S. The largest absolute Gasteiger partial charge is 0.381 e. The zero-order valence-corrected chi connectivity index (χ0v) is 18.1. The molecule has 158 valence electrons. The van der Waals surface area contributed by atoms with E-state index in [-0.39, 0.29) is 11.7 Å². The molecule has 1 saturated heterocycles. The van der Waals surface area contributed by atoms with Crippen molar-refractivity contribution in [3.8, 4) is 0 Å². The zero-order valence-electron chi connectivity index (χ0n) is 17.3. The Morgan fingerprint density at radius 1 is 1.26 bits per heavy atom. The van der Waals surface area contributed by atoms with E-state index in [0.717, 1.165) is 42.8 Å². The summed E-state index contributed by atoms with van der Waals surface area (Å²) in [5.41, 5.74) is 3.62. The van der Waals surface area contributed by atoms with E-state index in [1.165, 1.54) is 28.7 Å². The number of fused-ring (bicyclic) bond motifs is 2. The lowest BCUT2D eigenvalue weighted by molar-refractivity contribution is -0.116. The highest BCUT2D eigenvalue weighted by Crippen LogP contribution is 2.36. The summed E-state index contributed by atoms with van der Waals surface area (Å²) >= 11 is 1.52. The lowest BCUT2D eigenvalue weighted by Crippen LogP contribution is -2.34. The third-order valence-electron chi connectivity index (χ3n) is 5.72. The van der Waals surface area contributed by atoms with Gasteiger partial charge in [0.25, 0.3) is 0 Å². The molecule has 3 heterocycles. The Balaban J connectivity index is 1.41. The third-order valence-corrected chi connectivity index (χ3v) is 6.71. The average molecular weight is 434 g/mol. The maximum Gasteiger partial charge on any atom is 0.228 e. The minimum absolute atomic E-state index is 0.147. The van der Waals surface area contributed by atoms with Gasteiger partial charge in [0.15, 0.2) is 0 Å². The molecule has 2 aromatic carbocycles. The van der Waals surface area contributed by atoms with Crippen molar-refractivity contribution in [2.75, 3.05) is 18.1 Å². The number of Topliss-reactive ketones (excluding diaryl/α,β-unsaturated/α-hetero) is 1. The number of hydrogen-bond donors (Lipinski definition) is 1. The zero-order chi connectivity index (χ0) is 21.4. The summed E-state index contributed by atoms with van der Waals surface area (Å²) in [6, 6.07) is 14.0. The van der Waals surface area contributed by atoms with Gasteiger partial charge >= 0.3 is 0 Å². The fraction of sp³-hybridized carbons (Fsp3) is 0.292. The van der Waals surface area contributed by atoms with Crippen LogP contribution in [0.3, 0.4) is 0 Å². The Hall–Kier alpha value is -2.87. The molecule has 0 aliphatic carbocycles. The lowest BCUT2D eigenvalue weighted by atomic mass is 10.1. The standard InChI is InChI=1S/C24H23N3O3S/c1-15(28)27-20-5-3-2-4-18(20)24(29)21(27)13-23-26-19-12-16(6-7-22(19)31-23)14-25-17-8-10-30-11-9-17/h2-7,12-13,17,25H,8-11,14H2,1H3/b21-13-. The number of nitrogens with one attached hydrogen (secondary N) is 1. The molecule has 0 bridgehead atoms. The molecule has 1 N–H and O–H groups in total. The summed E-state index contributed by atoms with van der Waals surface area (Å²) in [5, 5.41) is 4.31. The number of thiazole rings is 1. The van der Waals surface area contributed by atoms with Crippen LogP contribution in [0, 0.1) is 0 Å². The average Bonchev–Trinajstić information content (AvgIpc) is 3.31. The molecule has 7 heteroatoms. The minimum atomic E-state index is -0.188. The van der Waals surface area contributed by atoms with Crippen LogP contribution >= 0.6 is 11.3 Å². The van der Waals surface area contributed by atoms with E-state index in [9.17, 15) is 9.59 Å². The smallest absolute Gasteiger partial charge is 0.228 e. The van der Waals surface area contributed by atoms with Crippen LogP contribution in [0.2, 0.25) is 0 Å². The Kier molecular flexibility index (Phi) is 5.40. The number of carbonyl (C=O) groups is 2. The molecule has 5 rings (SSSR count). The molecule has 1 aromatic heterocycles. The van der Waals surface area contributed by atoms with Crippen molar-refractivity contribution in [3.63, 3.8) is 0 Å². The molecule has 0 radical (unpaired) electrons. The minimum Gasteiger partial charge on any atom is -0.381 e. The van der Waals surface area contributed by atoms with Gasteiger partial charge in [-0.1, -0.05) is 18.2 Å². The SMILES string of the molecule is CC(=O)N1/C(=C\c2nc3cc(CNC4CCOCC4)ccc3s2)C(=O)c2ccccc21. The van der Waals surface area contributed by atoms with Crippen molar-refractivity contribution in [1.29, 1.82) is 0 Å². The normalized spacial score (nSPS) is 18.2. The summed E-state index contributed by atoms with van der Waals surface area (Å²) in [6.45, 7) is 3.90. The van der Waals surface area contributed by atoms with E-state index in [1.807, 2.05) is 12.1 Å². The first kappa shape index (κ1) is 20.1. The lowest BCUT2D eigenvalue weighted by Gasteiger charge is -2.23. The number of amides is 1. The second-order valence-electron chi connectivity index (χ2n) is 7.85. The van der Waals surface area contributed by atoms with Gasteiger partial charge in [-0.3, -0.25) is 14.5 Å². The first-order chi connectivity index (χ1) is 15.1. The highest BCUT2D eigenvalue weighted by molar-refractivity contribution is 7.19. The van der Waals surface area contributed by atoms with E-state index < -0.39 is 0 Å². The van der Waals surface area contributed by atoms with E-state index in [0.29, 0.717) is 28.0 Å². The summed E-state index contributed by atoms with van der Waals surface area (Å²) < 4.78 is 6.47. The molecule has 0 spiro atoms. The number of rotatable bonds is 4. The number of benzene rings is 2. The van der Waals surface area contributed by atoms with Crippen molar-refractivity contribution in [3.05, 3.63) is 64.3 Å². The van der Waals surface area contributed by atoms with E-state index >= 15 is 0 Å². The van der Waals surface area contributed by atoms with Crippen LogP contribution in [0.15, 0.2) is 48.2 Å². The monoisotopic (exact) mass is 433 g/mol. The molecule has 0 saturated carbocycles. The van der Waals surface area contributed by atoms with Crippen molar-refractivity contribution < 1.29 is 14.3 Å². The molecule has 3 aromatic rings. The molecule has 0 atom stereocenters. The predicted molar refractivity (Wildman–Crippen MR) is 122 cm³/mol. The van der Waals surface area contributed by atoms with E-state index in [4.69, 9.17) is 9.72 Å². The van der Waals surface area contributed by atoms with Gasteiger partial charge < -0.3 is 10.1 Å². The Bertz CT molecular complexity index is 1190. The van der Waals surface area contributed by atoms with Gasteiger partial charge in [0, 0.05) is 44.4 Å². The van der Waals surface area contributed by atoms with Gasteiger partial charge in [-0.25, -0.2) is 4.98 Å². The van der Waals surface area contributed by atoms with Gasteiger partial charge in [0.05, 0.1) is 21.6 Å². The summed E-state index contributed by atoms with van der Waals surface area (Å²) in [7, 11) is 0. The van der Waals surface area contributed by atoms with Crippen molar-refractivity contribution in [2.24, 2.45) is 0 Å². The molecule has 2 aliphatic rings. The number of anilines is 1. The number of hydrogen-bond acceptors (Lipinski definition) is 6. The molecule has 6 nitrogen and oxygen atoms in total. The van der Waals surface area contributed by atoms with Crippen LogP contribution in [-0.2, 0) is 16.1 Å². The topological polar surface area (TPSA) is 71.5 Å². The molecule has 31 heavy (non-hydrogen) atoms. The maximum absolute atomic E-state index is 12.9. The number of nitrogens with zero attached hydrogens (tertiary/aromatic N) is 2. The first-order valence-corrected chi connectivity index (χ1v) is 11.3. The number of para-hydroxylation sites is 1. The molecule has 0 unspecified atom stereocenters. The van der Waals surface area contributed by atoms with Crippen molar-refractivity contribution in [1.82, 2.24) is 10.3 Å². The second kappa shape index (κ2) is 8.34. The van der Waals surface area contributed by atoms with Gasteiger partial charge in [-0.15, -0.1) is 11.3 Å². The van der Waals surface area contributed by atoms with Crippen LogP contribution < -0.4 is 10.2 Å². The number of ketones is 1. The van der Waals surface area contributed by atoms with Crippen LogP contribution in [0.5, 0.6) is 0 Å². The van der Waals surface area contributed by atoms with E-state index in [1.54, 1.807) is 18.2 Å². The molecular weight excluding hydrogens is 410 g/mol. The van der Waals surface area contributed by atoms with Gasteiger partial charge in [0.1, 0.15) is 5.01 Å². The highest BCUT2D eigenvalue weighted by atomic mass is 32.1. The van der Waals surface area contributed by atoms with Crippen LogP contribution in [0.4, 0.5) is 5.69 Å². The van der Waals surface area contributed by atoms with Gasteiger partial charge in [-0.2, -0.15) is 0 Å². The van der Waals surface area contributed by atoms with Gasteiger partial charge in [0.2, 0.25) is 11.7 Å². The first-order valence-electron chi connectivity index (χ1n) is 10.5. The molecule has 1 fully saturated rings. The van der Waals surface area contributed by atoms with Crippen molar-refractivity contribution >= 4 is 45.0 Å². The quantitative estimate of drug-likeness (QED) is 0.626. The number of aromatic nitrogens is 1. The number of ether oxygens (including phenoxy) is 1. The summed E-state index contributed by atoms with van der Waals surface area (Å²) in [6.07, 6.45) is 3.81. The Morgan fingerprint density at radius 2 is 2.06 bits per heavy atom. The maximum atomic E-state index is 12.9. The number of carbonyl (C=O) groups excluding carboxylic acids is 2. The third kappa shape index (κ3) is 3.92. The van der Waals surface area contributed by atoms with Crippen molar-refractivity contribution in [2.45, 2.75) is 32.4 Å². The summed E-state index contributed by atoms with van der Waals surface area (Å²) in [5.74, 6) is -0.335. The van der Waals surface area contributed by atoms with Crippen LogP contribution in [0.1, 0.15) is 40.7 Å². The van der Waals surface area contributed by atoms with E-state index in [2.05, 4.69) is 23.5 Å². The fourth-order valence-corrected chi connectivity index (χ4v) is 5.03. The van der Waals surface area contributed by atoms with Crippen LogP contribution in [0.25, 0.3) is 16.3 Å². The fourth-order valence-electron chi connectivity index (χ4n) is 4.14. The van der Waals surface area contributed by atoms with Crippen LogP contribution in [-0.4, -0.2) is 35.9 Å². The Morgan fingerprint density at radius 3 is 2.87 bits per heavy atom. The molecule has 2 aliphatic heterocycles. The van der Waals surface area contributed by atoms with Gasteiger partial charge in [-0.05, 0) is 42.7 Å². The Labute approximate surface area is 184 Å². The summed E-state index contributed by atoms with van der Waals surface area (Å²) in [4.78, 5) is 31.4.